The van der Waals surface area contributed by atoms with Crippen LogP contribution in [0.2, 0.25) is 0 Å². The van der Waals surface area contributed by atoms with Gasteiger partial charge in [0, 0.05) is 51.7 Å². The average Bonchev–Trinajstić information content (AvgIpc) is 2.97. The Balaban J connectivity index is 0.00000140. The zero-order valence-corrected chi connectivity index (χ0v) is 17.4. The van der Waals surface area contributed by atoms with Gasteiger partial charge >= 0.3 is 5.76 Å². The molecular formula is C19H28Cl2N4O3. The number of carbonyl (C=O) groups is 1. The fourth-order valence-corrected chi connectivity index (χ4v) is 4.53. The Morgan fingerprint density at radius 1 is 1.07 bits per heavy atom. The molecule has 2 atom stereocenters. The van der Waals surface area contributed by atoms with Crippen molar-refractivity contribution in [1.82, 2.24) is 14.4 Å². The molecule has 0 radical (unpaired) electrons. The molecule has 0 unspecified atom stereocenters. The van der Waals surface area contributed by atoms with Crippen LogP contribution in [-0.4, -0.2) is 59.0 Å². The van der Waals surface area contributed by atoms with Crippen molar-refractivity contribution in [2.75, 3.05) is 32.7 Å². The summed E-state index contributed by atoms with van der Waals surface area (Å²) in [5.74, 6) is 0.464. The Morgan fingerprint density at radius 2 is 1.86 bits per heavy atom. The number of halogens is 2. The number of nitrogens with zero attached hydrogens (tertiary/aromatic N) is 3. The van der Waals surface area contributed by atoms with Crippen molar-refractivity contribution in [2.24, 2.45) is 11.7 Å². The van der Waals surface area contributed by atoms with Gasteiger partial charge in [-0.05, 0) is 30.9 Å². The molecule has 1 aromatic heterocycles. The number of likely N-dealkylation sites (tertiary alicyclic amines) is 2. The van der Waals surface area contributed by atoms with Crippen molar-refractivity contribution < 1.29 is 9.21 Å². The quantitative estimate of drug-likeness (QED) is 0.779. The van der Waals surface area contributed by atoms with E-state index >= 15 is 0 Å². The zero-order valence-electron chi connectivity index (χ0n) is 15.8. The topological polar surface area (TPSA) is 84.7 Å². The van der Waals surface area contributed by atoms with Crippen LogP contribution >= 0.6 is 24.8 Å². The van der Waals surface area contributed by atoms with Gasteiger partial charge in [0.15, 0.2) is 5.58 Å². The number of amides is 1. The van der Waals surface area contributed by atoms with E-state index in [0.29, 0.717) is 43.6 Å². The van der Waals surface area contributed by atoms with Crippen LogP contribution in [0.15, 0.2) is 33.5 Å². The van der Waals surface area contributed by atoms with Gasteiger partial charge in [-0.2, -0.15) is 0 Å². The molecule has 0 bridgehead atoms. The van der Waals surface area contributed by atoms with Crippen LogP contribution < -0.4 is 11.5 Å². The number of carbonyl (C=O) groups excluding carboxylic acids is 1. The summed E-state index contributed by atoms with van der Waals surface area (Å²) in [7, 11) is 0. The molecule has 2 fully saturated rings. The lowest BCUT2D eigenvalue weighted by atomic mass is 9.83. The normalized spacial score (nSPS) is 22.5. The van der Waals surface area contributed by atoms with Crippen LogP contribution in [0.4, 0.5) is 0 Å². The molecule has 156 valence electrons. The monoisotopic (exact) mass is 430 g/mol. The van der Waals surface area contributed by atoms with Gasteiger partial charge in [0.25, 0.3) is 0 Å². The van der Waals surface area contributed by atoms with E-state index in [-0.39, 0.29) is 36.5 Å². The van der Waals surface area contributed by atoms with Gasteiger partial charge in [0.2, 0.25) is 5.91 Å². The highest BCUT2D eigenvalue weighted by Crippen LogP contribution is 2.31. The third-order valence-corrected chi connectivity index (χ3v) is 5.81. The number of piperidine rings is 2. The Labute approximate surface area is 176 Å². The minimum atomic E-state index is -0.293. The van der Waals surface area contributed by atoms with E-state index in [1.807, 2.05) is 29.2 Å². The molecule has 2 aliphatic heterocycles. The highest BCUT2D eigenvalue weighted by atomic mass is 35.5. The van der Waals surface area contributed by atoms with Crippen LogP contribution in [0.1, 0.15) is 19.3 Å². The summed E-state index contributed by atoms with van der Waals surface area (Å²) in [6.45, 7) is 4.55. The van der Waals surface area contributed by atoms with E-state index in [4.69, 9.17) is 10.2 Å². The predicted octanol–water partition coefficient (Wildman–Crippen LogP) is 1.71. The van der Waals surface area contributed by atoms with Crippen molar-refractivity contribution in [3.63, 3.8) is 0 Å². The molecule has 2 saturated heterocycles. The third-order valence-electron chi connectivity index (χ3n) is 5.81. The highest BCUT2D eigenvalue weighted by Gasteiger charge is 2.38. The maximum atomic E-state index is 12.2. The molecule has 7 nitrogen and oxygen atoms in total. The fraction of sp³-hybridized carbons (Fsp3) is 0.579. The second-order valence-electron chi connectivity index (χ2n) is 7.32. The lowest BCUT2D eigenvalue weighted by Gasteiger charge is -2.47. The standard InChI is InChI=1S/C19H26N4O3.2ClH/c20-8-10-22-15-7-9-21(13-14(15)5-6-18(22)24)11-12-23-16-3-1-2-4-17(16)26-19(23)25;;/h1-4,14-15H,5-13,20H2;2*1H/t14-,15+;;/m0../s1. The van der Waals surface area contributed by atoms with Gasteiger partial charge in [-0.25, -0.2) is 4.79 Å². The Morgan fingerprint density at radius 3 is 2.64 bits per heavy atom. The first-order valence-electron chi connectivity index (χ1n) is 9.47. The molecule has 9 heteroatoms. The summed E-state index contributed by atoms with van der Waals surface area (Å²) in [6, 6.07) is 7.86. The average molecular weight is 431 g/mol. The molecule has 2 N–H and O–H groups in total. The van der Waals surface area contributed by atoms with Gasteiger partial charge < -0.3 is 20.0 Å². The van der Waals surface area contributed by atoms with Crippen molar-refractivity contribution in [3.8, 4) is 0 Å². The molecule has 1 aromatic carbocycles. The summed E-state index contributed by atoms with van der Waals surface area (Å²) in [6.07, 6.45) is 2.56. The lowest BCUT2D eigenvalue weighted by Crippen LogP contribution is -2.57. The van der Waals surface area contributed by atoms with Crippen LogP contribution in [0.25, 0.3) is 11.1 Å². The molecule has 0 spiro atoms. The Kier molecular flexibility index (Phi) is 7.95. The van der Waals surface area contributed by atoms with Gasteiger partial charge in [-0.3, -0.25) is 9.36 Å². The lowest BCUT2D eigenvalue weighted by molar-refractivity contribution is -0.140. The van der Waals surface area contributed by atoms with Crippen molar-refractivity contribution in [1.29, 1.82) is 0 Å². The van der Waals surface area contributed by atoms with Gasteiger partial charge in [0.05, 0.1) is 5.52 Å². The number of fused-ring (bicyclic) bond motifs is 2. The SMILES string of the molecule is Cl.Cl.NCCN1C(=O)CC[C@H]2CN(CCn3c(=O)oc4ccccc43)CC[C@H]21. The number of benzene rings is 1. The van der Waals surface area contributed by atoms with Gasteiger partial charge in [-0.1, -0.05) is 12.1 Å². The first-order valence-corrected chi connectivity index (χ1v) is 9.47. The molecule has 0 saturated carbocycles. The first-order chi connectivity index (χ1) is 12.7. The number of hydrogen-bond donors (Lipinski definition) is 1. The number of hydrogen-bond acceptors (Lipinski definition) is 5. The summed E-state index contributed by atoms with van der Waals surface area (Å²) in [4.78, 5) is 28.7. The summed E-state index contributed by atoms with van der Waals surface area (Å²) in [5, 5.41) is 0. The summed E-state index contributed by atoms with van der Waals surface area (Å²) < 4.78 is 7.03. The summed E-state index contributed by atoms with van der Waals surface area (Å²) >= 11 is 0. The van der Waals surface area contributed by atoms with E-state index in [2.05, 4.69) is 4.90 Å². The predicted molar refractivity (Wildman–Crippen MR) is 113 cm³/mol. The smallest absolute Gasteiger partial charge is 0.408 e. The maximum Gasteiger partial charge on any atom is 0.419 e. The van der Waals surface area contributed by atoms with Crippen LogP contribution in [0.3, 0.4) is 0 Å². The van der Waals surface area contributed by atoms with Crippen molar-refractivity contribution in [2.45, 2.75) is 31.8 Å². The molecule has 28 heavy (non-hydrogen) atoms. The second kappa shape index (κ2) is 9.78. The van der Waals surface area contributed by atoms with Crippen LogP contribution in [0, 0.1) is 5.92 Å². The van der Waals surface area contributed by atoms with E-state index in [9.17, 15) is 9.59 Å². The number of oxazole rings is 1. The van der Waals surface area contributed by atoms with Gasteiger partial charge in [-0.15, -0.1) is 24.8 Å². The van der Waals surface area contributed by atoms with Crippen molar-refractivity contribution >= 4 is 41.8 Å². The number of rotatable bonds is 5. The Bertz CT molecular complexity index is 853. The fourth-order valence-electron chi connectivity index (χ4n) is 4.53. The van der Waals surface area contributed by atoms with E-state index < -0.39 is 0 Å². The van der Waals surface area contributed by atoms with Crippen LogP contribution in [-0.2, 0) is 11.3 Å². The van der Waals surface area contributed by atoms with Gasteiger partial charge in [0.1, 0.15) is 0 Å². The van der Waals surface area contributed by atoms with Crippen LogP contribution in [0.5, 0.6) is 0 Å². The Hall–Kier alpha value is -1.54. The van der Waals surface area contributed by atoms with E-state index in [0.717, 1.165) is 38.0 Å². The maximum absolute atomic E-state index is 12.2. The molecule has 4 rings (SSSR count). The number of nitrogens with two attached hydrogens (primary N) is 1. The summed E-state index contributed by atoms with van der Waals surface area (Å²) in [5.41, 5.74) is 7.18. The molecular weight excluding hydrogens is 403 g/mol. The van der Waals surface area contributed by atoms with Crippen molar-refractivity contribution in [3.05, 3.63) is 34.8 Å². The minimum Gasteiger partial charge on any atom is -0.408 e. The molecule has 3 heterocycles. The number of aromatic nitrogens is 1. The van der Waals surface area contributed by atoms with E-state index in [1.165, 1.54) is 0 Å². The number of para-hydroxylation sites is 2. The minimum absolute atomic E-state index is 0. The first kappa shape index (κ1) is 22.7. The molecule has 2 aliphatic rings. The highest BCUT2D eigenvalue weighted by molar-refractivity contribution is 5.85. The molecule has 0 aliphatic carbocycles. The zero-order chi connectivity index (χ0) is 18.1. The largest absolute Gasteiger partial charge is 0.419 e. The second-order valence-corrected chi connectivity index (χ2v) is 7.32. The molecule has 2 aromatic rings. The van der Waals surface area contributed by atoms with E-state index in [1.54, 1.807) is 4.57 Å². The molecule has 1 amide bonds. The third kappa shape index (κ3) is 4.38.